The molecule has 1 N–H and O–H groups in total. The average Bonchev–Trinajstić information content (AvgIpc) is 2.94. The molecule has 0 unspecified atom stereocenters. The minimum atomic E-state index is -0.528. The molecular weight excluding hydrogens is 403 g/mol. The largest absolute Gasteiger partial charge is 0.350 e. The van der Waals surface area contributed by atoms with Gasteiger partial charge in [0.05, 0.1) is 11.3 Å². The number of nitrogens with zero attached hydrogens (tertiary/aromatic N) is 1. The number of carbonyl (C=O) groups is 2. The fourth-order valence-corrected chi connectivity index (χ4v) is 3.56. The smallest absolute Gasteiger partial charge is 0.282 e. The van der Waals surface area contributed by atoms with Crippen LogP contribution in [0.15, 0.2) is 72.4 Å². The van der Waals surface area contributed by atoms with Crippen molar-refractivity contribution in [3.05, 3.63) is 100.0 Å². The molecule has 0 fully saturated rings. The van der Waals surface area contributed by atoms with E-state index < -0.39 is 17.6 Å². The number of hydrogen-bond acceptors (Lipinski definition) is 3. The quantitative estimate of drug-likeness (QED) is 0.567. The molecule has 1 aliphatic rings. The highest BCUT2D eigenvalue weighted by Gasteiger charge is 2.40. The first-order valence-electron chi connectivity index (χ1n) is 9.34. The molecule has 0 spiro atoms. The Morgan fingerprint density at radius 2 is 1.63 bits per heavy atom. The Hall–Kier alpha value is -3.44. The summed E-state index contributed by atoms with van der Waals surface area (Å²) in [6.45, 7) is 3.91. The third-order valence-corrected chi connectivity index (χ3v) is 5.27. The van der Waals surface area contributed by atoms with Crippen LogP contribution in [0.2, 0.25) is 5.02 Å². The minimum absolute atomic E-state index is 0.0915. The van der Waals surface area contributed by atoms with Crippen LogP contribution in [0.25, 0.3) is 5.57 Å². The molecule has 0 aromatic heterocycles. The lowest BCUT2D eigenvalue weighted by molar-refractivity contribution is -0.120. The summed E-state index contributed by atoms with van der Waals surface area (Å²) in [5, 5.41) is 3.36. The Labute approximate surface area is 178 Å². The van der Waals surface area contributed by atoms with Crippen LogP contribution in [0.4, 0.5) is 15.8 Å². The molecule has 0 radical (unpaired) electrons. The Bertz CT molecular complexity index is 1220. The number of rotatable bonds is 4. The first-order valence-corrected chi connectivity index (χ1v) is 9.72. The van der Waals surface area contributed by atoms with Crippen LogP contribution < -0.4 is 10.2 Å². The molecule has 2 amide bonds. The van der Waals surface area contributed by atoms with Gasteiger partial charge in [-0.3, -0.25) is 9.59 Å². The molecule has 4 rings (SSSR count). The number of nitrogens with one attached hydrogen (secondary N) is 1. The van der Waals surface area contributed by atoms with Crippen LogP contribution in [-0.2, 0) is 9.59 Å². The van der Waals surface area contributed by atoms with Gasteiger partial charge in [-0.25, -0.2) is 9.29 Å². The summed E-state index contributed by atoms with van der Waals surface area (Å²) in [4.78, 5) is 27.8. The highest BCUT2D eigenvalue weighted by atomic mass is 35.5. The first kappa shape index (κ1) is 19.9. The van der Waals surface area contributed by atoms with Crippen molar-refractivity contribution < 1.29 is 14.0 Å². The number of carbonyl (C=O) groups excluding carboxylic acids is 2. The van der Waals surface area contributed by atoms with E-state index in [1.807, 2.05) is 26.0 Å². The molecule has 3 aromatic rings. The number of imide groups is 1. The molecule has 3 aromatic carbocycles. The second-order valence-electron chi connectivity index (χ2n) is 7.11. The molecule has 0 saturated heterocycles. The molecule has 6 heteroatoms. The standard InChI is InChI=1S/C24H18ClFN2O2/c1-14-9-10-16(11-15(14)2)21-22(27-19-7-4-6-18(26)13-19)24(30)28(23(21)29)20-8-3-5-17(25)12-20/h3-13,27H,1-2H3. The van der Waals surface area contributed by atoms with Gasteiger partial charge >= 0.3 is 0 Å². The molecule has 0 bridgehead atoms. The van der Waals surface area contributed by atoms with Crippen molar-refractivity contribution in [1.82, 2.24) is 0 Å². The minimum Gasteiger partial charge on any atom is -0.350 e. The molecular formula is C24H18ClFN2O2. The van der Waals surface area contributed by atoms with Crippen molar-refractivity contribution in [2.45, 2.75) is 13.8 Å². The lowest BCUT2D eigenvalue weighted by Crippen LogP contribution is -2.32. The lowest BCUT2D eigenvalue weighted by Gasteiger charge is -2.15. The summed E-state index contributed by atoms with van der Waals surface area (Å²) < 4.78 is 13.7. The molecule has 150 valence electrons. The van der Waals surface area contributed by atoms with Gasteiger partial charge in [0, 0.05) is 10.7 Å². The maximum atomic E-state index is 13.7. The van der Waals surface area contributed by atoms with E-state index in [9.17, 15) is 14.0 Å². The van der Waals surface area contributed by atoms with Gasteiger partial charge < -0.3 is 5.32 Å². The van der Waals surface area contributed by atoms with Gasteiger partial charge in [0.25, 0.3) is 11.8 Å². The molecule has 0 saturated carbocycles. The van der Waals surface area contributed by atoms with Crippen LogP contribution in [-0.4, -0.2) is 11.8 Å². The van der Waals surface area contributed by atoms with E-state index >= 15 is 0 Å². The molecule has 0 aliphatic carbocycles. The Morgan fingerprint density at radius 3 is 2.33 bits per heavy atom. The van der Waals surface area contributed by atoms with Crippen molar-refractivity contribution in [3.63, 3.8) is 0 Å². The van der Waals surface area contributed by atoms with E-state index in [2.05, 4.69) is 5.32 Å². The van der Waals surface area contributed by atoms with Gasteiger partial charge in [-0.2, -0.15) is 0 Å². The van der Waals surface area contributed by atoms with Gasteiger partial charge in [0.2, 0.25) is 0 Å². The highest BCUT2D eigenvalue weighted by Crippen LogP contribution is 2.35. The predicted octanol–water partition coefficient (Wildman–Crippen LogP) is 5.49. The fraction of sp³-hybridized carbons (Fsp3) is 0.0833. The summed E-state index contributed by atoms with van der Waals surface area (Å²) in [6.07, 6.45) is 0. The Kier molecular flexibility index (Phi) is 5.14. The van der Waals surface area contributed by atoms with Crippen molar-refractivity contribution in [3.8, 4) is 0 Å². The van der Waals surface area contributed by atoms with Crippen molar-refractivity contribution in [1.29, 1.82) is 0 Å². The predicted molar refractivity (Wildman–Crippen MR) is 117 cm³/mol. The van der Waals surface area contributed by atoms with Crippen LogP contribution in [0, 0.1) is 19.7 Å². The van der Waals surface area contributed by atoms with Gasteiger partial charge in [0.1, 0.15) is 11.5 Å². The summed E-state index contributed by atoms with van der Waals surface area (Å²) in [6, 6.07) is 17.8. The van der Waals surface area contributed by atoms with E-state index in [4.69, 9.17) is 11.6 Å². The zero-order valence-electron chi connectivity index (χ0n) is 16.4. The van der Waals surface area contributed by atoms with Gasteiger partial charge in [-0.15, -0.1) is 0 Å². The number of amides is 2. The van der Waals surface area contributed by atoms with Crippen molar-refractivity contribution in [2.24, 2.45) is 0 Å². The number of hydrogen-bond donors (Lipinski definition) is 1. The van der Waals surface area contributed by atoms with Gasteiger partial charge in [-0.05, 0) is 66.9 Å². The van der Waals surface area contributed by atoms with E-state index in [0.29, 0.717) is 22.0 Å². The first-order chi connectivity index (χ1) is 14.3. The third-order valence-electron chi connectivity index (χ3n) is 5.04. The molecule has 30 heavy (non-hydrogen) atoms. The van der Waals surface area contributed by atoms with Crippen LogP contribution in [0.5, 0.6) is 0 Å². The second kappa shape index (κ2) is 7.76. The summed E-state index contributed by atoms with van der Waals surface area (Å²) in [5.74, 6) is -1.44. The zero-order chi connectivity index (χ0) is 21.4. The van der Waals surface area contributed by atoms with Crippen molar-refractivity contribution >= 4 is 40.4 Å². The SMILES string of the molecule is Cc1ccc(C2=C(Nc3cccc(F)c3)C(=O)N(c3cccc(Cl)c3)C2=O)cc1C. The normalized spacial score (nSPS) is 13.9. The van der Waals surface area contributed by atoms with Crippen LogP contribution in [0.3, 0.4) is 0 Å². The summed E-state index contributed by atoms with van der Waals surface area (Å²) in [7, 11) is 0. The fourth-order valence-electron chi connectivity index (χ4n) is 3.37. The number of aryl methyl sites for hydroxylation is 2. The number of halogens is 2. The van der Waals surface area contributed by atoms with E-state index in [-0.39, 0.29) is 11.3 Å². The third kappa shape index (κ3) is 3.60. The van der Waals surface area contributed by atoms with E-state index in [0.717, 1.165) is 16.0 Å². The number of anilines is 2. The van der Waals surface area contributed by atoms with Crippen LogP contribution in [0.1, 0.15) is 16.7 Å². The molecule has 0 atom stereocenters. The number of benzene rings is 3. The Balaban J connectivity index is 1.86. The summed E-state index contributed by atoms with van der Waals surface area (Å²) >= 11 is 6.07. The van der Waals surface area contributed by atoms with Crippen LogP contribution >= 0.6 is 11.6 Å². The van der Waals surface area contributed by atoms with Crippen molar-refractivity contribution in [2.75, 3.05) is 10.2 Å². The second-order valence-corrected chi connectivity index (χ2v) is 7.55. The average molecular weight is 421 g/mol. The maximum Gasteiger partial charge on any atom is 0.282 e. The maximum absolute atomic E-state index is 13.7. The molecule has 1 aliphatic heterocycles. The molecule has 4 nitrogen and oxygen atoms in total. The highest BCUT2D eigenvalue weighted by molar-refractivity contribution is 6.46. The topological polar surface area (TPSA) is 49.4 Å². The summed E-state index contributed by atoms with van der Waals surface area (Å²) in [5.41, 5.74) is 3.74. The zero-order valence-corrected chi connectivity index (χ0v) is 17.1. The van der Waals surface area contributed by atoms with Gasteiger partial charge in [0.15, 0.2) is 0 Å². The van der Waals surface area contributed by atoms with E-state index in [1.165, 1.54) is 18.2 Å². The van der Waals surface area contributed by atoms with Gasteiger partial charge in [-0.1, -0.05) is 41.9 Å². The van der Waals surface area contributed by atoms with E-state index in [1.54, 1.807) is 36.4 Å². The monoisotopic (exact) mass is 420 g/mol. The molecule has 1 heterocycles. The Morgan fingerprint density at radius 1 is 0.867 bits per heavy atom. The lowest BCUT2D eigenvalue weighted by atomic mass is 9.99.